The van der Waals surface area contributed by atoms with Crippen molar-refractivity contribution in [2.75, 3.05) is 0 Å². The first-order chi connectivity index (χ1) is 10.8. The highest BCUT2D eigenvalue weighted by atomic mass is 16.3. The molecule has 0 saturated heterocycles. The zero-order valence-corrected chi connectivity index (χ0v) is 13.2. The molecule has 0 bridgehead atoms. The highest BCUT2D eigenvalue weighted by Gasteiger charge is 2.27. The topological polar surface area (TPSA) is 20.2 Å². The lowest BCUT2D eigenvalue weighted by atomic mass is 9.78. The molecule has 3 rings (SSSR count). The average Bonchev–Trinajstić information content (AvgIpc) is 3.08. The van der Waals surface area contributed by atoms with E-state index in [2.05, 4.69) is 55.5 Å². The number of aromatic hydroxyl groups is 1. The van der Waals surface area contributed by atoms with E-state index in [1.165, 1.54) is 42.4 Å². The van der Waals surface area contributed by atoms with E-state index in [1.807, 2.05) is 0 Å². The zero-order chi connectivity index (χ0) is 15.4. The van der Waals surface area contributed by atoms with Crippen LogP contribution in [-0.2, 0) is 0 Å². The molecule has 1 heteroatoms. The second kappa shape index (κ2) is 6.83. The lowest BCUT2D eigenvalue weighted by molar-refractivity contribution is 0.475. The SMILES string of the molecule is C/C=C(\C1CCCC1)C(c1ccccc1)c1ccc(O)cc1. The molecule has 1 aliphatic rings. The van der Waals surface area contributed by atoms with Gasteiger partial charge in [0.1, 0.15) is 5.75 Å². The predicted octanol–water partition coefficient (Wildman–Crippen LogP) is 5.66. The molecule has 0 aromatic heterocycles. The fraction of sp³-hybridized carbons (Fsp3) is 0.333. The molecule has 114 valence electrons. The standard InChI is InChI=1S/C21H24O/c1-2-20(16-8-6-7-9-16)21(17-10-4-3-5-11-17)18-12-14-19(22)15-13-18/h2-5,10-16,21-22H,6-9H2,1H3/b20-2+. The minimum Gasteiger partial charge on any atom is -0.508 e. The monoisotopic (exact) mass is 292 g/mol. The molecule has 0 amide bonds. The smallest absolute Gasteiger partial charge is 0.115 e. The molecule has 1 nitrogen and oxygen atoms in total. The Morgan fingerprint density at radius 1 is 0.955 bits per heavy atom. The van der Waals surface area contributed by atoms with Crippen molar-refractivity contribution in [2.24, 2.45) is 5.92 Å². The Labute approximate surface area is 133 Å². The molecule has 1 fully saturated rings. The highest BCUT2D eigenvalue weighted by Crippen LogP contribution is 2.42. The molecule has 0 heterocycles. The average molecular weight is 292 g/mol. The van der Waals surface area contributed by atoms with Gasteiger partial charge in [0.2, 0.25) is 0 Å². The third-order valence-electron chi connectivity index (χ3n) is 4.85. The van der Waals surface area contributed by atoms with Crippen LogP contribution >= 0.6 is 0 Å². The molecule has 1 atom stereocenters. The fourth-order valence-corrected chi connectivity index (χ4v) is 3.79. The maximum atomic E-state index is 9.60. The summed E-state index contributed by atoms with van der Waals surface area (Å²) in [5.74, 6) is 1.33. The van der Waals surface area contributed by atoms with Crippen LogP contribution in [0.15, 0.2) is 66.2 Å². The molecule has 0 spiro atoms. The number of phenolic OH excluding ortho intramolecular Hbond substituents is 1. The van der Waals surface area contributed by atoms with E-state index in [-0.39, 0.29) is 0 Å². The summed E-state index contributed by atoms with van der Waals surface area (Å²) in [6, 6.07) is 18.5. The first-order valence-corrected chi connectivity index (χ1v) is 8.29. The summed E-state index contributed by atoms with van der Waals surface area (Å²) >= 11 is 0. The first-order valence-electron chi connectivity index (χ1n) is 8.29. The van der Waals surface area contributed by atoms with E-state index >= 15 is 0 Å². The van der Waals surface area contributed by atoms with Gasteiger partial charge in [0.15, 0.2) is 0 Å². The summed E-state index contributed by atoms with van der Waals surface area (Å²) in [5.41, 5.74) is 4.14. The van der Waals surface area contributed by atoms with Crippen molar-refractivity contribution in [3.8, 4) is 5.75 Å². The van der Waals surface area contributed by atoms with Crippen LogP contribution in [0.4, 0.5) is 0 Å². The van der Waals surface area contributed by atoms with Crippen molar-refractivity contribution in [3.63, 3.8) is 0 Å². The van der Waals surface area contributed by atoms with Gasteiger partial charge in [-0.3, -0.25) is 0 Å². The van der Waals surface area contributed by atoms with Gasteiger partial charge in [0, 0.05) is 5.92 Å². The summed E-state index contributed by atoms with van der Waals surface area (Å²) in [4.78, 5) is 0. The van der Waals surface area contributed by atoms with E-state index < -0.39 is 0 Å². The minimum absolute atomic E-state index is 0.301. The summed E-state index contributed by atoms with van der Waals surface area (Å²) in [6.45, 7) is 2.17. The van der Waals surface area contributed by atoms with E-state index in [0.29, 0.717) is 17.6 Å². The third kappa shape index (κ3) is 3.09. The van der Waals surface area contributed by atoms with Gasteiger partial charge in [-0.1, -0.05) is 67.0 Å². The van der Waals surface area contributed by atoms with E-state index in [4.69, 9.17) is 0 Å². The van der Waals surface area contributed by atoms with Crippen LogP contribution in [0.2, 0.25) is 0 Å². The van der Waals surface area contributed by atoms with Gasteiger partial charge < -0.3 is 5.11 Å². The molecular weight excluding hydrogens is 268 g/mol. The Kier molecular flexibility index (Phi) is 4.62. The van der Waals surface area contributed by atoms with Gasteiger partial charge in [-0.2, -0.15) is 0 Å². The minimum atomic E-state index is 0.301. The highest BCUT2D eigenvalue weighted by molar-refractivity contribution is 5.43. The summed E-state index contributed by atoms with van der Waals surface area (Å²) in [7, 11) is 0. The molecule has 0 aliphatic heterocycles. The second-order valence-electron chi connectivity index (χ2n) is 6.21. The van der Waals surface area contributed by atoms with Crippen LogP contribution in [0, 0.1) is 5.92 Å². The maximum Gasteiger partial charge on any atom is 0.115 e. The molecule has 1 unspecified atom stereocenters. The number of hydrogen-bond acceptors (Lipinski definition) is 1. The van der Waals surface area contributed by atoms with Crippen molar-refractivity contribution >= 4 is 0 Å². The maximum absolute atomic E-state index is 9.60. The summed E-state index contributed by atoms with van der Waals surface area (Å²) < 4.78 is 0. The Bertz CT molecular complexity index is 619. The number of rotatable bonds is 4. The van der Waals surface area contributed by atoms with Crippen LogP contribution < -0.4 is 0 Å². The molecule has 0 radical (unpaired) electrons. The number of phenols is 1. The Morgan fingerprint density at radius 3 is 2.14 bits per heavy atom. The van der Waals surface area contributed by atoms with Crippen molar-refractivity contribution in [3.05, 3.63) is 77.4 Å². The van der Waals surface area contributed by atoms with Crippen LogP contribution in [0.1, 0.15) is 49.7 Å². The quantitative estimate of drug-likeness (QED) is 0.721. The first kappa shape index (κ1) is 14.9. The van der Waals surface area contributed by atoms with E-state index in [9.17, 15) is 5.11 Å². The molecule has 1 aliphatic carbocycles. The summed E-state index contributed by atoms with van der Waals surface area (Å²) in [6.07, 6.45) is 7.63. The molecule has 22 heavy (non-hydrogen) atoms. The Balaban J connectivity index is 2.04. The Hall–Kier alpha value is -2.02. The Morgan fingerprint density at radius 2 is 1.55 bits per heavy atom. The van der Waals surface area contributed by atoms with Crippen molar-refractivity contribution in [1.82, 2.24) is 0 Å². The van der Waals surface area contributed by atoms with Crippen LogP contribution in [0.3, 0.4) is 0 Å². The molecular formula is C21H24O. The lowest BCUT2D eigenvalue weighted by Crippen LogP contribution is -2.11. The number of hydrogen-bond donors (Lipinski definition) is 1. The van der Waals surface area contributed by atoms with Crippen molar-refractivity contribution < 1.29 is 5.11 Å². The molecule has 1 N–H and O–H groups in total. The van der Waals surface area contributed by atoms with Crippen LogP contribution in [-0.4, -0.2) is 5.11 Å². The van der Waals surface area contributed by atoms with Crippen molar-refractivity contribution in [2.45, 2.75) is 38.5 Å². The summed E-state index contributed by atoms with van der Waals surface area (Å²) in [5, 5.41) is 9.60. The van der Waals surface area contributed by atoms with Gasteiger partial charge in [-0.05, 0) is 48.9 Å². The van der Waals surface area contributed by atoms with Gasteiger partial charge in [0.05, 0.1) is 0 Å². The van der Waals surface area contributed by atoms with Crippen molar-refractivity contribution in [1.29, 1.82) is 0 Å². The number of benzene rings is 2. The van der Waals surface area contributed by atoms with E-state index in [1.54, 1.807) is 12.1 Å². The largest absolute Gasteiger partial charge is 0.508 e. The lowest BCUT2D eigenvalue weighted by Gasteiger charge is -2.26. The predicted molar refractivity (Wildman–Crippen MR) is 92.1 cm³/mol. The van der Waals surface area contributed by atoms with E-state index in [0.717, 1.165) is 0 Å². The molecule has 2 aromatic carbocycles. The van der Waals surface area contributed by atoms with Gasteiger partial charge >= 0.3 is 0 Å². The normalized spacial score (nSPS) is 17.6. The fourth-order valence-electron chi connectivity index (χ4n) is 3.79. The van der Waals surface area contributed by atoms with Gasteiger partial charge in [-0.25, -0.2) is 0 Å². The molecule has 2 aromatic rings. The van der Waals surface area contributed by atoms with Crippen LogP contribution in [0.5, 0.6) is 5.75 Å². The van der Waals surface area contributed by atoms with Gasteiger partial charge in [-0.15, -0.1) is 0 Å². The molecule has 1 saturated carbocycles. The zero-order valence-electron chi connectivity index (χ0n) is 13.2. The second-order valence-corrected chi connectivity index (χ2v) is 6.21. The third-order valence-corrected chi connectivity index (χ3v) is 4.85. The van der Waals surface area contributed by atoms with Gasteiger partial charge in [0.25, 0.3) is 0 Å². The van der Waals surface area contributed by atoms with Crippen LogP contribution in [0.25, 0.3) is 0 Å². The number of allylic oxidation sites excluding steroid dienone is 2.